The van der Waals surface area contributed by atoms with E-state index in [4.69, 9.17) is 9.26 Å². The Morgan fingerprint density at radius 3 is 2.81 bits per heavy atom. The number of rotatable bonds is 7. The number of sulfonamides is 1. The predicted molar refractivity (Wildman–Crippen MR) is 89.3 cm³/mol. The van der Waals surface area contributed by atoms with Gasteiger partial charge >= 0.3 is 0 Å². The third-order valence-corrected chi connectivity index (χ3v) is 6.26. The van der Waals surface area contributed by atoms with Crippen molar-refractivity contribution < 1.29 is 22.1 Å². The van der Waals surface area contributed by atoms with Crippen molar-refractivity contribution in [3.05, 3.63) is 36.0 Å². The molecular formula is C16H21FN4O4S. The van der Waals surface area contributed by atoms with Crippen LogP contribution in [0.15, 0.2) is 27.9 Å². The molecule has 0 amide bonds. The van der Waals surface area contributed by atoms with Crippen LogP contribution in [0.5, 0.6) is 0 Å². The van der Waals surface area contributed by atoms with Gasteiger partial charge in [0.05, 0.1) is 12.8 Å². The molecule has 0 unspecified atom stereocenters. The van der Waals surface area contributed by atoms with E-state index in [0.29, 0.717) is 57.1 Å². The maximum absolute atomic E-state index is 13.3. The fraction of sp³-hybridized carbons (Fsp3) is 0.562. The molecule has 1 aliphatic rings. The average Bonchev–Trinajstić information content (AvgIpc) is 3.08. The lowest BCUT2D eigenvalue weighted by Gasteiger charge is -2.30. The Balaban J connectivity index is 1.56. The van der Waals surface area contributed by atoms with Crippen molar-refractivity contribution >= 4 is 10.0 Å². The molecule has 0 radical (unpaired) electrons. The highest BCUT2D eigenvalue weighted by molar-refractivity contribution is 7.89. The van der Waals surface area contributed by atoms with Gasteiger partial charge in [-0.25, -0.2) is 12.8 Å². The first kappa shape index (κ1) is 18.9. The van der Waals surface area contributed by atoms with Crippen LogP contribution in [-0.2, 0) is 27.6 Å². The summed E-state index contributed by atoms with van der Waals surface area (Å²) < 4.78 is 50.0. The van der Waals surface area contributed by atoms with E-state index in [0.717, 1.165) is 12.3 Å². The molecule has 0 saturated carbocycles. The Bertz CT molecular complexity index is 834. The fourth-order valence-electron chi connectivity index (χ4n) is 2.95. The number of hydrogen-bond donors (Lipinski definition) is 0. The van der Waals surface area contributed by atoms with E-state index < -0.39 is 15.8 Å². The van der Waals surface area contributed by atoms with Gasteiger partial charge in [0.2, 0.25) is 15.9 Å². The summed E-state index contributed by atoms with van der Waals surface area (Å²) in [4.78, 5) is 7.83. The van der Waals surface area contributed by atoms with E-state index in [1.165, 1.54) is 10.5 Å². The number of pyridine rings is 1. The van der Waals surface area contributed by atoms with Crippen molar-refractivity contribution in [3.8, 4) is 0 Å². The van der Waals surface area contributed by atoms with Crippen molar-refractivity contribution in [2.24, 2.45) is 5.92 Å². The molecule has 0 aromatic carbocycles. The Labute approximate surface area is 151 Å². The minimum atomic E-state index is -3.72. The number of piperidine rings is 1. The predicted octanol–water partition coefficient (Wildman–Crippen LogP) is 1.44. The average molecular weight is 384 g/mol. The summed E-state index contributed by atoms with van der Waals surface area (Å²) in [5, 5.41) is 3.91. The molecule has 0 spiro atoms. The monoisotopic (exact) mass is 384 g/mol. The van der Waals surface area contributed by atoms with Crippen molar-refractivity contribution in [2.45, 2.75) is 30.6 Å². The van der Waals surface area contributed by atoms with Crippen LogP contribution in [-0.4, -0.2) is 54.7 Å². The Morgan fingerprint density at radius 2 is 2.12 bits per heavy atom. The van der Waals surface area contributed by atoms with E-state index in [2.05, 4.69) is 15.1 Å². The lowest BCUT2D eigenvalue weighted by Crippen LogP contribution is -2.39. The van der Waals surface area contributed by atoms with E-state index in [9.17, 15) is 12.8 Å². The first-order valence-electron chi connectivity index (χ1n) is 8.40. The summed E-state index contributed by atoms with van der Waals surface area (Å²) in [6.07, 6.45) is 4.73. The molecule has 2 aromatic rings. The third-order valence-electron chi connectivity index (χ3n) is 4.39. The number of aromatic nitrogens is 3. The first-order chi connectivity index (χ1) is 12.5. The first-order valence-corrected chi connectivity index (χ1v) is 9.84. The van der Waals surface area contributed by atoms with Crippen LogP contribution in [0, 0.1) is 11.7 Å². The lowest BCUT2D eigenvalue weighted by atomic mass is 9.95. The van der Waals surface area contributed by atoms with Crippen LogP contribution in [0.25, 0.3) is 0 Å². The summed E-state index contributed by atoms with van der Waals surface area (Å²) in [6, 6.07) is 0.994. The highest BCUT2D eigenvalue weighted by Gasteiger charge is 2.30. The Morgan fingerprint density at radius 1 is 1.35 bits per heavy atom. The highest BCUT2D eigenvalue weighted by atomic mass is 32.2. The molecule has 0 atom stereocenters. The standard InChI is InChI=1S/C16H21FN4O4S/c1-24-7-4-15-19-16(25-20-15)8-12-2-5-21(6-3-12)26(22,23)14-9-13(17)10-18-11-14/h9-12H,2-8H2,1H3. The molecule has 0 N–H and O–H groups in total. The Kier molecular flexibility index (Phi) is 5.94. The molecule has 2 aromatic heterocycles. The molecular weight excluding hydrogens is 363 g/mol. The number of methoxy groups -OCH3 is 1. The van der Waals surface area contributed by atoms with Crippen LogP contribution in [0.4, 0.5) is 4.39 Å². The van der Waals surface area contributed by atoms with Crippen LogP contribution in [0.3, 0.4) is 0 Å². The van der Waals surface area contributed by atoms with Gasteiger partial charge in [-0.05, 0) is 24.8 Å². The Hall–Kier alpha value is -1.91. The molecule has 26 heavy (non-hydrogen) atoms. The van der Waals surface area contributed by atoms with E-state index >= 15 is 0 Å². The lowest BCUT2D eigenvalue weighted by molar-refractivity contribution is 0.199. The highest BCUT2D eigenvalue weighted by Crippen LogP contribution is 2.25. The molecule has 1 fully saturated rings. The summed E-state index contributed by atoms with van der Waals surface area (Å²) in [5.41, 5.74) is 0. The molecule has 0 aliphatic carbocycles. The van der Waals surface area contributed by atoms with Gasteiger partial charge in [-0.1, -0.05) is 5.16 Å². The second-order valence-corrected chi connectivity index (χ2v) is 8.18. The van der Waals surface area contributed by atoms with Crippen molar-refractivity contribution in [3.63, 3.8) is 0 Å². The number of ether oxygens (including phenoxy) is 1. The van der Waals surface area contributed by atoms with E-state index in [1.807, 2.05) is 0 Å². The van der Waals surface area contributed by atoms with E-state index in [-0.39, 0.29) is 10.8 Å². The zero-order valence-corrected chi connectivity index (χ0v) is 15.3. The van der Waals surface area contributed by atoms with E-state index in [1.54, 1.807) is 7.11 Å². The quantitative estimate of drug-likeness (QED) is 0.712. The third kappa shape index (κ3) is 4.43. The molecule has 3 heterocycles. The summed E-state index contributed by atoms with van der Waals surface area (Å²) in [6.45, 7) is 1.27. The van der Waals surface area contributed by atoms with Crippen molar-refractivity contribution in [1.29, 1.82) is 0 Å². The fourth-order valence-corrected chi connectivity index (χ4v) is 4.40. The molecule has 3 rings (SSSR count). The normalized spacial score (nSPS) is 16.8. The zero-order valence-electron chi connectivity index (χ0n) is 14.5. The maximum Gasteiger partial charge on any atom is 0.244 e. The topological polar surface area (TPSA) is 98.4 Å². The smallest absolute Gasteiger partial charge is 0.244 e. The van der Waals surface area contributed by atoms with Crippen LogP contribution < -0.4 is 0 Å². The van der Waals surface area contributed by atoms with Gasteiger partial charge in [0.25, 0.3) is 0 Å². The largest absolute Gasteiger partial charge is 0.384 e. The number of halogens is 1. The zero-order chi connectivity index (χ0) is 18.6. The van der Waals surface area contributed by atoms with Gasteiger partial charge in [-0.3, -0.25) is 4.98 Å². The van der Waals surface area contributed by atoms with Gasteiger partial charge in [0, 0.05) is 39.2 Å². The van der Waals surface area contributed by atoms with Crippen LogP contribution in [0.2, 0.25) is 0 Å². The SMILES string of the molecule is COCCc1noc(CC2CCN(S(=O)(=O)c3cncc(F)c3)CC2)n1. The number of nitrogens with zero attached hydrogens (tertiary/aromatic N) is 4. The second kappa shape index (κ2) is 8.19. The minimum absolute atomic E-state index is 0.115. The maximum atomic E-state index is 13.3. The molecule has 10 heteroatoms. The molecule has 8 nitrogen and oxygen atoms in total. The van der Waals surface area contributed by atoms with Crippen LogP contribution in [0.1, 0.15) is 24.6 Å². The van der Waals surface area contributed by atoms with Gasteiger partial charge < -0.3 is 9.26 Å². The molecule has 0 bridgehead atoms. The van der Waals surface area contributed by atoms with Crippen LogP contribution >= 0.6 is 0 Å². The van der Waals surface area contributed by atoms with Gasteiger partial charge in [0.15, 0.2) is 5.82 Å². The minimum Gasteiger partial charge on any atom is -0.384 e. The molecule has 1 aliphatic heterocycles. The van der Waals surface area contributed by atoms with Gasteiger partial charge in [-0.15, -0.1) is 0 Å². The molecule has 1 saturated heterocycles. The van der Waals surface area contributed by atoms with Gasteiger partial charge in [0.1, 0.15) is 10.7 Å². The number of hydrogen-bond acceptors (Lipinski definition) is 7. The summed E-state index contributed by atoms with van der Waals surface area (Å²) in [5.74, 6) is 0.775. The van der Waals surface area contributed by atoms with Gasteiger partial charge in [-0.2, -0.15) is 9.29 Å². The molecule has 142 valence electrons. The van der Waals surface area contributed by atoms with Crippen molar-refractivity contribution in [2.75, 3.05) is 26.8 Å². The summed E-state index contributed by atoms with van der Waals surface area (Å²) >= 11 is 0. The summed E-state index contributed by atoms with van der Waals surface area (Å²) in [7, 11) is -2.11. The second-order valence-electron chi connectivity index (χ2n) is 6.24. The van der Waals surface area contributed by atoms with Crippen molar-refractivity contribution in [1.82, 2.24) is 19.4 Å².